The molecule has 1 atom stereocenters. The first kappa shape index (κ1) is 13.8. The molecule has 2 N–H and O–H groups in total. The Morgan fingerprint density at radius 1 is 1.39 bits per heavy atom. The smallest absolute Gasteiger partial charge is 0.119 e. The molecule has 2 rings (SSSR count). The minimum Gasteiger partial charge on any atom is -0.493 e. The summed E-state index contributed by atoms with van der Waals surface area (Å²) >= 11 is 2.06. The fraction of sp³-hybridized carbons (Fsp3) is 0.600. The Bertz CT molecular complexity index is 363. The minimum atomic E-state index is 0.506. The second kappa shape index (κ2) is 7.05. The van der Waals surface area contributed by atoms with E-state index in [2.05, 4.69) is 30.8 Å². The van der Waals surface area contributed by atoms with Crippen LogP contribution in [0.2, 0.25) is 0 Å². The summed E-state index contributed by atoms with van der Waals surface area (Å²) < 4.78 is 5.91. The average Bonchev–Trinajstić information content (AvgIpc) is 2.41. The number of ether oxygens (including phenoxy) is 1. The molecule has 2 nitrogen and oxygen atoms in total. The van der Waals surface area contributed by atoms with Crippen LogP contribution < -0.4 is 10.5 Å². The van der Waals surface area contributed by atoms with Crippen LogP contribution in [-0.4, -0.2) is 24.7 Å². The number of rotatable bonds is 5. The van der Waals surface area contributed by atoms with E-state index >= 15 is 0 Å². The van der Waals surface area contributed by atoms with Crippen molar-refractivity contribution < 1.29 is 4.74 Å². The van der Waals surface area contributed by atoms with Gasteiger partial charge in [-0.1, -0.05) is 12.1 Å². The molecule has 0 spiro atoms. The maximum atomic E-state index is 5.91. The van der Waals surface area contributed by atoms with Crippen molar-refractivity contribution in [2.75, 3.05) is 24.7 Å². The summed E-state index contributed by atoms with van der Waals surface area (Å²) in [6.07, 6.45) is 2.59. The van der Waals surface area contributed by atoms with Crippen LogP contribution in [0, 0.1) is 18.8 Å². The van der Waals surface area contributed by atoms with Crippen molar-refractivity contribution in [3.63, 3.8) is 0 Å². The molecule has 0 bridgehead atoms. The molecular weight excluding hydrogens is 242 g/mol. The number of hydrogen-bond acceptors (Lipinski definition) is 3. The lowest BCUT2D eigenvalue weighted by molar-refractivity contribution is 0.191. The van der Waals surface area contributed by atoms with Gasteiger partial charge in [0.2, 0.25) is 0 Å². The second-order valence-corrected chi connectivity index (χ2v) is 6.30. The maximum absolute atomic E-state index is 5.91. The van der Waals surface area contributed by atoms with Gasteiger partial charge in [-0.25, -0.2) is 0 Å². The Labute approximate surface area is 114 Å². The van der Waals surface area contributed by atoms with Crippen LogP contribution in [0.15, 0.2) is 24.3 Å². The zero-order valence-electron chi connectivity index (χ0n) is 11.1. The summed E-state index contributed by atoms with van der Waals surface area (Å²) in [5.41, 5.74) is 7.15. The number of thioether (sulfide) groups is 1. The number of hydrogen-bond donors (Lipinski definition) is 1. The summed E-state index contributed by atoms with van der Waals surface area (Å²) in [5, 5.41) is 0. The van der Waals surface area contributed by atoms with E-state index in [9.17, 15) is 0 Å². The molecule has 1 aliphatic rings. The molecule has 1 saturated heterocycles. The first-order chi connectivity index (χ1) is 8.79. The normalized spacial score (nSPS) is 18.6. The Hall–Kier alpha value is -0.670. The van der Waals surface area contributed by atoms with E-state index < -0.39 is 0 Å². The Morgan fingerprint density at radius 2 is 2.17 bits per heavy atom. The lowest BCUT2D eigenvalue weighted by Crippen LogP contribution is -2.31. The number of benzene rings is 1. The van der Waals surface area contributed by atoms with Crippen molar-refractivity contribution in [3.8, 4) is 5.75 Å². The van der Waals surface area contributed by atoms with Crippen LogP contribution in [0.25, 0.3) is 0 Å². The van der Waals surface area contributed by atoms with Crippen molar-refractivity contribution in [1.82, 2.24) is 0 Å². The largest absolute Gasteiger partial charge is 0.493 e. The van der Waals surface area contributed by atoms with Gasteiger partial charge in [-0.3, -0.25) is 0 Å². The fourth-order valence-electron chi connectivity index (χ4n) is 2.49. The molecule has 3 heteroatoms. The molecule has 100 valence electrons. The molecule has 1 aromatic carbocycles. The molecule has 1 aliphatic heterocycles. The van der Waals surface area contributed by atoms with Crippen LogP contribution in [0.4, 0.5) is 0 Å². The van der Waals surface area contributed by atoms with Crippen LogP contribution in [0.5, 0.6) is 5.75 Å². The Balaban J connectivity index is 1.86. The zero-order chi connectivity index (χ0) is 12.8. The van der Waals surface area contributed by atoms with Crippen molar-refractivity contribution >= 4 is 11.8 Å². The molecule has 0 radical (unpaired) electrons. The van der Waals surface area contributed by atoms with Crippen LogP contribution in [0.1, 0.15) is 18.4 Å². The standard InChI is InChI=1S/C15H23NOS/c1-12-3-2-4-15(9-12)17-11-14(10-16)13-5-7-18-8-6-13/h2-4,9,13-14H,5-8,10-11,16H2,1H3. The van der Waals surface area contributed by atoms with Crippen LogP contribution >= 0.6 is 11.8 Å². The van der Waals surface area contributed by atoms with Gasteiger partial charge in [0.05, 0.1) is 6.61 Å². The first-order valence-corrected chi connectivity index (χ1v) is 7.92. The highest BCUT2D eigenvalue weighted by atomic mass is 32.2. The topological polar surface area (TPSA) is 35.2 Å². The fourth-order valence-corrected chi connectivity index (χ4v) is 3.64. The zero-order valence-corrected chi connectivity index (χ0v) is 11.9. The molecule has 1 fully saturated rings. The average molecular weight is 265 g/mol. The highest BCUT2D eigenvalue weighted by Gasteiger charge is 2.23. The van der Waals surface area contributed by atoms with Crippen molar-refractivity contribution in [2.24, 2.45) is 17.6 Å². The van der Waals surface area contributed by atoms with E-state index in [1.165, 1.54) is 29.9 Å². The third-order valence-electron chi connectivity index (χ3n) is 3.69. The summed E-state index contributed by atoms with van der Waals surface area (Å²) in [4.78, 5) is 0. The van der Waals surface area contributed by atoms with Gasteiger partial charge in [-0.2, -0.15) is 11.8 Å². The van der Waals surface area contributed by atoms with E-state index in [0.29, 0.717) is 5.92 Å². The van der Waals surface area contributed by atoms with Gasteiger partial charge in [-0.05, 0) is 61.4 Å². The van der Waals surface area contributed by atoms with Gasteiger partial charge >= 0.3 is 0 Å². The van der Waals surface area contributed by atoms with E-state index in [1.807, 2.05) is 12.1 Å². The van der Waals surface area contributed by atoms with Crippen LogP contribution in [0.3, 0.4) is 0 Å². The van der Waals surface area contributed by atoms with Crippen molar-refractivity contribution in [2.45, 2.75) is 19.8 Å². The lowest BCUT2D eigenvalue weighted by atomic mass is 9.88. The molecule has 0 aromatic heterocycles. The van der Waals surface area contributed by atoms with Crippen molar-refractivity contribution in [3.05, 3.63) is 29.8 Å². The third-order valence-corrected chi connectivity index (χ3v) is 4.74. The molecular formula is C15H23NOS. The monoisotopic (exact) mass is 265 g/mol. The third kappa shape index (κ3) is 3.92. The maximum Gasteiger partial charge on any atom is 0.119 e. The quantitative estimate of drug-likeness (QED) is 0.888. The van der Waals surface area contributed by atoms with Gasteiger partial charge in [0.25, 0.3) is 0 Å². The molecule has 0 saturated carbocycles. The summed E-state index contributed by atoms with van der Waals surface area (Å²) in [7, 11) is 0. The number of nitrogens with two attached hydrogens (primary N) is 1. The minimum absolute atomic E-state index is 0.506. The lowest BCUT2D eigenvalue weighted by Gasteiger charge is -2.29. The number of aryl methyl sites for hydroxylation is 1. The molecule has 18 heavy (non-hydrogen) atoms. The molecule has 1 heterocycles. The van der Waals surface area contributed by atoms with E-state index in [1.54, 1.807) is 0 Å². The molecule has 1 aromatic rings. The Morgan fingerprint density at radius 3 is 2.83 bits per heavy atom. The van der Waals surface area contributed by atoms with Crippen LogP contribution in [-0.2, 0) is 0 Å². The van der Waals surface area contributed by atoms with E-state index in [4.69, 9.17) is 10.5 Å². The van der Waals surface area contributed by atoms with Gasteiger partial charge in [0, 0.05) is 5.92 Å². The predicted octanol–water partition coefficient (Wildman–Crippen LogP) is 3.09. The summed E-state index contributed by atoms with van der Waals surface area (Å²) in [5.74, 6) is 4.79. The highest BCUT2D eigenvalue weighted by Crippen LogP contribution is 2.29. The van der Waals surface area contributed by atoms with E-state index in [0.717, 1.165) is 24.8 Å². The summed E-state index contributed by atoms with van der Waals surface area (Å²) in [6, 6.07) is 8.24. The first-order valence-electron chi connectivity index (χ1n) is 6.77. The molecule has 0 aliphatic carbocycles. The van der Waals surface area contributed by atoms with Gasteiger partial charge in [0.15, 0.2) is 0 Å². The Kier molecular flexibility index (Phi) is 5.39. The molecule has 1 unspecified atom stereocenters. The predicted molar refractivity (Wildman–Crippen MR) is 79.3 cm³/mol. The van der Waals surface area contributed by atoms with Crippen molar-refractivity contribution in [1.29, 1.82) is 0 Å². The summed E-state index contributed by atoms with van der Waals surface area (Å²) in [6.45, 7) is 3.59. The van der Waals surface area contributed by atoms with Gasteiger partial charge in [-0.15, -0.1) is 0 Å². The van der Waals surface area contributed by atoms with Gasteiger partial charge in [0.1, 0.15) is 5.75 Å². The highest BCUT2D eigenvalue weighted by molar-refractivity contribution is 7.99. The van der Waals surface area contributed by atoms with Gasteiger partial charge < -0.3 is 10.5 Å². The molecule has 0 amide bonds. The second-order valence-electron chi connectivity index (χ2n) is 5.07. The van der Waals surface area contributed by atoms with E-state index in [-0.39, 0.29) is 0 Å². The SMILES string of the molecule is Cc1cccc(OCC(CN)C2CCSCC2)c1.